The van der Waals surface area contributed by atoms with Crippen LogP contribution < -0.4 is 10.2 Å². The van der Waals surface area contributed by atoms with Crippen LogP contribution in [0, 0.1) is 6.92 Å². The fraction of sp³-hybridized carbons (Fsp3) is 0.462. The van der Waals surface area contributed by atoms with E-state index in [1.807, 2.05) is 0 Å². The topological polar surface area (TPSA) is 32.3 Å². The van der Waals surface area contributed by atoms with Gasteiger partial charge in [0.1, 0.15) is 6.04 Å². The Labute approximate surface area is 95.4 Å². The van der Waals surface area contributed by atoms with Crippen LogP contribution >= 0.6 is 0 Å². The van der Waals surface area contributed by atoms with E-state index in [1.54, 1.807) is 0 Å². The van der Waals surface area contributed by atoms with Gasteiger partial charge in [0.2, 0.25) is 5.91 Å². The number of benzene rings is 1. The highest BCUT2D eigenvalue weighted by Crippen LogP contribution is 2.33. The van der Waals surface area contributed by atoms with Crippen LogP contribution in [0.15, 0.2) is 18.2 Å². The van der Waals surface area contributed by atoms with Crippen molar-refractivity contribution in [2.45, 2.75) is 25.8 Å². The Kier molecular flexibility index (Phi) is 2.13. The van der Waals surface area contributed by atoms with Gasteiger partial charge in [0.05, 0.1) is 0 Å². The van der Waals surface area contributed by atoms with Gasteiger partial charge in [0.15, 0.2) is 0 Å². The fourth-order valence-corrected chi connectivity index (χ4v) is 2.85. The average molecular weight is 216 g/mol. The molecule has 1 amide bonds. The summed E-state index contributed by atoms with van der Waals surface area (Å²) in [6, 6.07) is 6.45. The van der Waals surface area contributed by atoms with E-state index in [0.717, 1.165) is 25.9 Å². The molecule has 0 saturated carbocycles. The number of fused-ring (bicyclic) bond motifs is 3. The van der Waals surface area contributed by atoms with Gasteiger partial charge in [0, 0.05) is 18.8 Å². The first-order valence-electron chi connectivity index (χ1n) is 5.90. The Balaban J connectivity index is 2.06. The summed E-state index contributed by atoms with van der Waals surface area (Å²) in [4.78, 5) is 14.0. The molecule has 1 aromatic carbocycles. The highest BCUT2D eigenvalue weighted by molar-refractivity contribution is 5.87. The van der Waals surface area contributed by atoms with Gasteiger partial charge in [0.25, 0.3) is 0 Å². The lowest BCUT2D eigenvalue weighted by Crippen LogP contribution is -2.57. The van der Waals surface area contributed by atoms with E-state index >= 15 is 0 Å². The van der Waals surface area contributed by atoms with Crippen LogP contribution in [0.1, 0.15) is 17.5 Å². The summed E-state index contributed by atoms with van der Waals surface area (Å²) in [5, 5.41) is 2.95. The SMILES string of the molecule is Cc1cccc2c1CCC1C(=O)NCCN21. The van der Waals surface area contributed by atoms with Gasteiger partial charge in [-0.05, 0) is 37.0 Å². The molecule has 3 heteroatoms. The van der Waals surface area contributed by atoms with Gasteiger partial charge in [-0.15, -0.1) is 0 Å². The maximum atomic E-state index is 11.8. The van der Waals surface area contributed by atoms with Crippen LogP contribution in [0.2, 0.25) is 0 Å². The molecule has 0 aromatic heterocycles. The molecule has 1 atom stereocenters. The molecule has 0 spiro atoms. The number of carbonyl (C=O) groups is 1. The van der Waals surface area contributed by atoms with E-state index in [4.69, 9.17) is 0 Å². The van der Waals surface area contributed by atoms with Crippen molar-refractivity contribution in [1.29, 1.82) is 0 Å². The quantitative estimate of drug-likeness (QED) is 0.708. The van der Waals surface area contributed by atoms with Gasteiger partial charge in [-0.3, -0.25) is 4.79 Å². The van der Waals surface area contributed by atoms with E-state index in [2.05, 4.69) is 35.3 Å². The molecule has 2 aliphatic heterocycles. The van der Waals surface area contributed by atoms with E-state index in [0.29, 0.717) is 0 Å². The van der Waals surface area contributed by atoms with Crippen molar-refractivity contribution in [1.82, 2.24) is 5.32 Å². The minimum Gasteiger partial charge on any atom is -0.358 e. The molecule has 16 heavy (non-hydrogen) atoms. The average Bonchev–Trinajstić information content (AvgIpc) is 2.30. The second-order valence-corrected chi connectivity index (χ2v) is 4.61. The molecule has 84 valence electrons. The second kappa shape index (κ2) is 3.51. The number of hydrogen-bond acceptors (Lipinski definition) is 2. The number of nitrogens with one attached hydrogen (secondary N) is 1. The zero-order chi connectivity index (χ0) is 11.1. The predicted molar refractivity (Wildman–Crippen MR) is 63.6 cm³/mol. The van der Waals surface area contributed by atoms with E-state index < -0.39 is 0 Å². The van der Waals surface area contributed by atoms with Gasteiger partial charge in [-0.1, -0.05) is 12.1 Å². The molecule has 3 rings (SSSR count). The molecule has 3 nitrogen and oxygen atoms in total. The smallest absolute Gasteiger partial charge is 0.242 e. The summed E-state index contributed by atoms with van der Waals surface area (Å²) >= 11 is 0. The van der Waals surface area contributed by atoms with Crippen LogP contribution in [0.5, 0.6) is 0 Å². The molecule has 1 fully saturated rings. The first kappa shape index (κ1) is 9.70. The lowest BCUT2D eigenvalue weighted by molar-refractivity contribution is -0.123. The highest BCUT2D eigenvalue weighted by Gasteiger charge is 2.34. The Morgan fingerprint density at radius 1 is 1.44 bits per heavy atom. The molecule has 2 heterocycles. The van der Waals surface area contributed by atoms with E-state index in [9.17, 15) is 4.79 Å². The summed E-state index contributed by atoms with van der Waals surface area (Å²) < 4.78 is 0. The van der Waals surface area contributed by atoms with Crippen LogP contribution in [-0.4, -0.2) is 25.0 Å². The van der Waals surface area contributed by atoms with Gasteiger partial charge in [-0.25, -0.2) is 0 Å². The zero-order valence-corrected chi connectivity index (χ0v) is 9.49. The number of carbonyl (C=O) groups excluding carboxylic acids is 1. The molecule has 0 bridgehead atoms. The molecule has 0 aliphatic carbocycles. The molecule has 0 radical (unpaired) electrons. The van der Waals surface area contributed by atoms with Crippen molar-refractivity contribution in [3.63, 3.8) is 0 Å². The van der Waals surface area contributed by atoms with Gasteiger partial charge < -0.3 is 10.2 Å². The number of anilines is 1. The monoisotopic (exact) mass is 216 g/mol. The summed E-state index contributed by atoms with van der Waals surface area (Å²) in [6.07, 6.45) is 1.97. The van der Waals surface area contributed by atoms with Crippen LogP contribution in [0.25, 0.3) is 0 Å². The molecule has 1 unspecified atom stereocenters. The lowest BCUT2D eigenvalue weighted by Gasteiger charge is -2.41. The minimum absolute atomic E-state index is 0.0584. The Bertz CT molecular complexity index is 442. The van der Waals surface area contributed by atoms with E-state index in [-0.39, 0.29) is 11.9 Å². The van der Waals surface area contributed by atoms with Gasteiger partial charge in [-0.2, -0.15) is 0 Å². The molecule has 1 N–H and O–H groups in total. The number of amides is 1. The van der Waals surface area contributed by atoms with Crippen LogP contribution in [-0.2, 0) is 11.2 Å². The van der Waals surface area contributed by atoms with Crippen molar-refractivity contribution in [3.05, 3.63) is 29.3 Å². The second-order valence-electron chi connectivity index (χ2n) is 4.61. The summed E-state index contributed by atoms with van der Waals surface area (Å²) in [5.41, 5.74) is 4.04. The van der Waals surface area contributed by atoms with Crippen molar-refractivity contribution >= 4 is 11.6 Å². The third kappa shape index (κ3) is 1.31. The summed E-state index contributed by atoms with van der Waals surface area (Å²) in [6.45, 7) is 3.86. The fourth-order valence-electron chi connectivity index (χ4n) is 2.85. The number of rotatable bonds is 0. The Morgan fingerprint density at radius 2 is 2.31 bits per heavy atom. The lowest BCUT2D eigenvalue weighted by atomic mass is 9.91. The van der Waals surface area contributed by atoms with Crippen LogP contribution in [0.3, 0.4) is 0 Å². The number of nitrogens with zero attached hydrogens (tertiary/aromatic N) is 1. The largest absolute Gasteiger partial charge is 0.358 e. The minimum atomic E-state index is 0.0584. The van der Waals surface area contributed by atoms with Gasteiger partial charge >= 0.3 is 0 Å². The maximum absolute atomic E-state index is 11.8. The molecule has 1 aromatic rings. The first-order valence-corrected chi connectivity index (χ1v) is 5.90. The molecular formula is C13H16N2O. The zero-order valence-electron chi connectivity index (χ0n) is 9.49. The maximum Gasteiger partial charge on any atom is 0.242 e. The first-order chi connectivity index (χ1) is 7.77. The molecular weight excluding hydrogens is 200 g/mol. The number of piperazine rings is 1. The van der Waals surface area contributed by atoms with Crippen molar-refractivity contribution in [2.75, 3.05) is 18.0 Å². The number of aryl methyl sites for hydroxylation is 1. The van der Waals surface area contributed by atoms with E-state index in [1.165, 1.54) is 16.8 Å². The Morgan fingerprint density at radius 3 is 3.19 bits per heavy atom. The third-order valence-electron chi connectivity index (χ3n) is 3.69. The summed E-state index contributed by atoms with van der Waals surface area (Å²) in [5.74, 6) is 0.193. The normalized spacial score (nSPS) is 23.4. The molecule has 1 saturated heterocycles. The van der Waals surface area contributed by atoms with Crippen LogP contribution in [0.4, 0.5) is 5.69 Å². The Hall–Kier alpha value is -1.51. The highest BCUT2D eigenvalue weighted by atomic mass is 16.2. The predicted octanol–water partition coefficient (Wildman–Crippen LogP) is 1.25. The van der Waals surface area contributed by atoms with Crippen molar-refractivity contribution in [2.24, 2.45) is 0 Å². The summed E-state index contributed by atoms with van der Waals surface area (Å²) in [7, 11) is 0. The van der Waals surface area contributed by atoms with Crippen molar-refractivity contribution < 1.29 is 4.79 Å². The third-order valence-corrected chi connectivity index (χ3v) is 3.69. The number of hydrogen-bond donors (Lipinski definition) is 1. The molecule has 2 aliphatic rings. The van der Waals surface area contributed by atoms with Crippen molar-refractivity contribution in [3.8, 4) is 0 Å². The standard InChI is InChI=1S/C13H16N2O/c1-9-3-2-4-11-10(9)5-6-12-13(16)14-7-8-15(11)12/h2-4,12H,5-8H2,1H3,(H,14,16).